The molecule has 0 aliphatic carbocycles. The Labute approximate surface area is 122 Å². The number of carboxylic acids is 1. The topological polar surface area (TPSA) is 109 Å². The van der Waals surface area contributed by atoms with Crippen LogP contribution in [0.4, 0.5) is 0 Å². The van der Waals surface area contributed by atoms with Crippen LogP contribution in [0.5, 0.6) is 0 Å². The van der Waals surface area contributed by atoms with Gasteiger partial charge in [0.1, 0.15) is 12.2 Å². The van der Waals surface area contributed by atoms with Crippen molar-refractivity contribution in [2.75, 3.05) is 6.54 Å². The maximum Gasteiger partial charge on any atom is 0.325 e. The number of nitrogens with zero attached hydrogens (tertiary/aromatic N) is 3. The number of aliphatic carboxylic acids is 1. The highest BCUT2D eigenvalue weighted by atomic mass is 16.4. The summed E-state index contributed by atoms with van der Waals surface area (Å²) < 4.78 is 1.23. The monoisotopic (exact) mass is 295 g/mol. The molecule has 0 saturated carbocycles. The predicted molar refractivity (Wildman–Crippen MR) is 74.3 cm³/mol. The first-order valence-electron chi connectivity index (χ1n) is 7.20. The van der Waals surface area contributed by atoms with Crippen molar-refractivity contribution in [3.05, 3.63) is 11.9 Å². The van der Waals surface area contributed by atoms with E-state index in [9.17, 15) is 9.59 Å². The van der Waals surface area contributed by atoms with E-state index in [0.29, 0.717) is 11.6 Å². The zero-order chi connectivity index (χ0) is 15.2. The first-order chi connectivity index (χ1) is 10.1. The number of piperidine rings is 1. The van der Waals surface area contributed by atoms with Gasteiger partial charge in [0.05, 0.1) is 18.8 Å². The van der Waals surface area contributed by atoms with Crippen molar-refractivity contribution in [1.82, 2.24) is 25.6 Å². The van der Waals surface area contributed by atoms with Crippen LogP contribution in [-0.2, 0) is 22.7 Å². The molecule has 2 atom stereocenters. The van der Waals surface area contributed by atoms with Gasteiger partial charge in [-0.1, -0.05) is 18.6 Å². The van der Waals surface area contributed by atoms with Gasteiger partial charge in [0, 0.05) is 0 Å². The molecule has 2 unspecified atom stereocenters. The van der Waals surface area contributed by atoms with Gasteiger partial charge in [0.15, 0.2) is 0 Å². The fourth-order valence-electron chi connectivity index (χ4n) is 2.50. The molecule has 1 amide bonds. The number of rotatable bonds is 6. The molecule has 0 radical (unpaired) electrons. The van der Waals surface area contributed by atoms with Crippen molar-refractivity contribution >= 4 is 11.9 Å². The van der Waals surface area contributed by atoms with Crippen LogP contribution in [0.2, 0.25) is 0 Å². The second kappa shape index (κ2) is 7.16. The summed E-state index contributed by atoms with van der Waals surface area (Å²) in [4.78, 5) is 22.6. The third kappa shape index (κ3) is 4.52. The quantitative estimate of drug-likeness (QED) is 0.668. The maximum absolute atomic E-state index is 12.1. The molecule has 3 N–H and O–H groups in total. The van der Waals surface area contributed by atoms with Crippen LogP contribution in [0.3, 0.4) is 0 Å². The van der Waals surface area contributed by atoms with Gasteiger partial charge in [-0.15, -0.1) is 5.10 Å². The van der Waals surface area contributed by atoms with E-state index in [0.717, 1.165) is 25.8 Å². The molecule has 2 heterocycles. The van der Waals surface area contributed by atoms with Crippen molar-refractivity contribution in [1.29, 1.82) is 0 Å². The molecule has 1 aliphatic rings. The van der Waals surface area contributed by atoms with Crippen LogP contribution in [0.25, 0.3) is 0 Å². The Morgan fingerprint density at radius 3 is 3.10 bits per heavy atom. The maximum atomic E-state index is 12.1. The SMILES string of the molecule is CCC1CCNC(C(=O)NCc2cn(CC(=O)O)nn2)C1. The Balaban J connectivity index is 1.80. The molecule has 1 fully saturated rings. The van der Waals surface area contributed by atoms with Gasteiger partial charge in [-0.2, -0.15) is 0 Å². The number of nitrogens with one attached hydrogen (secondary N) is 2. The summed E-state index contributed by atoms with van der Waals surface area (Å²) in [5, 5.41) is 22.2. The summed E-state index contributed by atoms with van der Waals surface area (Å²) in [6.45, 7) is 3.04. The third-order valence-corrected chi connectivity index (χ3v) is 3.73. The van der Waals surface area contributed by atoms with Crippen LogP contribution >= 0.6 is 0 Å². The largest absolute Gasteiger partial charge is 0.480 e. The molecule has 1 aromatic rings. The van der Waals surface area contributed by atoms with Gasteiger partial charge in [-0.25, -0.2) is 4.68 Å². The first-order valence-corrected chi connectivity index (χ1v) is 7.20. The summed E-state index contributed by atoms with van der Waals surface area (Å²) >= 11 is 0. The van der Waals surface area contributed by atoms with Crippen molar-refractivity contribution < 1.29 is 14.7 Å². The number of amides is 1. The molecule has 2 rings (SSSR count). The highest BCUT2D eigenvalue weighted by Gasteiger charge is 2.25. The summed E-state index contributed by atoms with van der Waals surface area (Å²) in [5.41, 5.74) is 0.549. The first kappa shape index (κ1) is 15.4. The molecular formula is C13H21N5O3. The average Bonchev–Trinajstić information content (AvgIpc) is 2.91. The fourth-order valence-corrected chi connectivity index (χ4v) is 2.50. The van der Waals surface area contributed by atoms with Gasteiger partial charge in [0.25, 0.3) is 0 Å². The summed E-state index contributed by atoms with van der Waals surface area (Å²) in [6.07, 6.45) is 4.59. The Kier molecular flexibility index (Phi) is 5.26. The molecular weight excluding hydrogens is 274 g/mol. The number of carbonyl (C=O) groups excluding carboxylic acids is 1. The summed E-state index contributed by atoms with van der Waals surface area (Å²) in [5.74, 6) is -0.424. The molecule has 0 aromatic carbocycles. The van der Waals surface area contributed by atoms with E-state index in [-0.39, 0.29) is 25.0 Å². The Hall–Kier alpha value is -1.96. The smallest absolute Gasteiger partial charge is 0.325 e. The summed E-state index contributed by atoms with van der Waals surface area (Å²) in [7, 11) is 0. The molecule has 0 spiro atoms. The molecule has 21 heavy (non-hydrogen) atoms. The molecule has 1 aromatic heterocycles. The lowest BCUT2D eigenvalue weighted by Gasteiger charge is -2.28. The van der Waals surface area contributed by atoms with Crippen molar-refractivity contribution in [2.45, 2.75) is 45.3 Å². The minimum absolute atomic E-state index is 0.0408. The van der Waals surface area contributed by atoms with E-state index >= 15 is 0 Å². The van der Waals surface area contributed by atoms with Crippen LogP contribution < -0.4 is 10.6 Å². The standard InChI is InChI=1S/C13H21N5O3/c1-2-9-3-4-14-11(5-9)13(21)15-6-10-7-18(17-16-10)8-12(19)20/h7,9,11,14H,2-6,8H2,1H3,(H,15,21)(H,19,20). The van der Waals surface area contributed by atoms with Gasteiger partial charge < -0.3 is 15.7 Å². The Morgan fingerprint density at radius 2 is 2.38 bits per heavy atom. The zero-order valence-electron chi connectivity index (χ0n) is 12.1. The van der Waals surface area contributed by atoms with Crippen LogP contribution in [0, 0.1) is 5.92 Å². The number of hydrogen-bond donors (Lipinski definition) is 3. The van der Waals surface area contributed by atoms with E-state index in [4.69, 9.17) is 5.11 Å². The third-order valence-electron chi connectivity index (χ3n) is 3.73. The van der Waals surface area contributed by atoms with Gasteiger partial charge >= 0.3 is 5.97 Å². The van der Waals surface area contributed by atoms with Crippen molar-refractivity contribution in [2.24, 2.45) is 5.92 Å². The molecule has 116 valence electrons. The normalized spacial score (nSPS) is 22.0. The van der Waals surface area contributed by atoms with E-state index in [1.54, 1.807) is 0 Å². The second-order valence-electron chi connectivity index (χ2n) is 5.32. The van der Waals surface area contributed by atoms with E-state index in [2.05, 4.69) is 27.9 Å². The van der Waals surface area contributed by atoms with E-state index in [1.807, 2.05) is 0 Å². The molecule has 1 saturated heterocycles. The lowest BCUT2D eigenvalue weighted by atomic mass is 9.90. The molecule has 8 heteroatoms. The van der Waals surface area contributed by atoms with Crippen LogP contribution in [-0.4, -0.2) is 44.6 Å². The highest BCUT2D eigenvalue weighted by Crippen LogP contribution is 2.19. The van der Waals surface area contributed by atoms with E-state index in [1.165, 1.54) is 10.9 Å². The van der Waals surface area contributed by atoms with Crippen LogP contribution in [0.1, 0.15) is 31.9 Å². The fraction of sp³-hybridized carbons (Fsp3) is 0.692. The van der Waals surface area contributed by atoms with Crippen LogP contribution in [0.15, 0.2) is 6.20 Å². The minimum atomic E-state index is -0.979. The number of aromatic nitrogens is 3. The number of carboxylic acid groups (broad SMARTS) is 1. The molecule has 1 aliphatic heterocycles. The molecule has 0 bridgehead atoms. The lowest BCUT2D eigenvalue weighted by molar-refractivity contribution is -0.138. The average molecular weight is 295 g/mol. The summed E-state index contributed by atoms with van der Waals surface area (Å²) in [6, 6.07) is -0.155. The van der Waals surface area contributed by atoms with Gasteiger partial charge in [-0.05, 0) is 25.3 Å². The Bertz CT molecular complexity index is 502. The number of hydrogen-bond acceptors (Lipinski definition) is 5. The van der Waals surface area contributed by atoms with Gasteiger partial charge in [-0.3, -0.25) is 9.59 Å². The highest BCUT2D eigenvalue weighted by molar-refractivity contribution is 5.81. The number of carbonyl (C=O) groups is 2. The minimum Gasteiger partial charge on any atom is -0.480 e. The van der Waals surface area contributed by atoms with Gasteiger partial charge in [0.2, 0.25) is 5.91 Å². The van der Waals surface area contributed by atoms with E-state index < -0.39 is 5.97 Å². The predicted octanol–water partition coefficient (Wildman–Crippen LogP) is -0.243. The second-order valence-corrected chi connectivity index (χ2v) is 5.32. The lowest BCUT2D eigenvalue weighted by Crippen LogP contribution is -2.48. The van der Waals surface area contributed by atoms with Crippen molar-refractivity contribution in [3.63, 3.8) is 0 Å². The Morgan fingerprint density at radius 1 is 1.57 bits per heavy atom. The van der Waals surface area contributed by atoms with Crippen molar-refractivity contribution in [3.8, 4) is 0 Å². The molecule has 8 nitrogen and oxygen atoms in total. The zero-order valence-corrected chi connectivity index (χ0v) is 12.1.